The van der Waals surface area contributed by atoms with Crippen LogP contribution in [0.4, 0.5) is 0 Å². The van der Waals surface area contributed by atoms with Crippen LogP contribution in [0.3, 0.4) is 0 Å². The predicted octanol–water partition coefficient (Wildman–Crippen LogP) is 1.26. The average Bonchev–Trinajstić information content (AvgIpc) is 2.86. The molecule has 0 aromatic heterocycles. The van der Waals surface area contributed by atoms with Gasteiger partial charge in [-0.2, -0.15) is 0 Å². The summed E-state index contributed by atoms with van der Waals surface area (Å²) in [6.07, 6.45) is 0.107. The van der Waals surface area contributed by atoms with Gasteiger partial charge in [0.25, 0.3) is 0 Å². The molecule has 1 aromatic rings. The summed E-state index contributed by atoms with van der Waals surface area (Å²) in [5, 5.41) is 14.7. The Balaban J connectivity index is 2.08. The Bertz CT molecular complexity index is 806. The van der Waals surface area contributed by atoms with E-state index in [1.807, 2.05) is 39.8 Å². The number of aliphatic carboxylic acids is 1. The van der Waals surface area contributed by atoms with Gasteiger partial charge < -0.3 is 25.0 Å². The van der Waals surface area contributed by atoms with E-state index in [1.54, 1.807) is 26.0 Å². The third-order valence-electron chi connectivity index (χ3n) is 5.87. The van der Waals surface area contributed by atoms with Gasteiger partial charge in [-0.15, -0.1) is 0 Å². The molecule has 1 aliphatic heterocycles. The normalized spacial score (nSPS) is 19.0. The topological polar surface area (TPSA) is 114 Å². The van der Waals surface area contributed by atoms with Crippen LogP contribution in [0.15, 0.2) is 24.3 Å². The molecule has 0 saturated carbocycles. The molecule has 1 saturated heterocycles. The van der Waals surface area contributed by atoms with Crippen molar-refractivity contribution in [3.8, 4) is 0 Å². The largest absolute Gasteiger partial charge is 0.494 e. The summed E-state index contributed by atoms with van der Waals surface area (Å²) in [6, 6.07) is 5.36. The summed E-state index contributed by atoms with van der Waals surface area (Å²) in [5.74, 6) is -2.20. The van der Waals surface area contributed by atoms with Gasteiger partial charge in [-0.25, -0.2) is 4.79 Å². The van der Waals surface area contributed by atoms with Gasteiger partial charge in [0.2, 0.25) is 11.8 Å². The maximum atomic E-state index is 12.6. The molecule has 170 valence electrons. The fourth-order valence-electron chi connectivity index (χ4n) is 3.24. The van der Waals surface area contributed by atoms with Crippen molar-refractivity contribution in [3.63, 3.8) is 0 Å². The minimum absolute atomic E-state index is 0.107. The van der Waals surface area contributed by atoms with E-state index in [0.29, 0.717) is 0 Å². The lowest BCUT2D eigenvalue weighted by Crippen LogP contribution is -2.53. The second kappa shape index (κ2) is 9.40. The van der Waals surface area contributed by atoms with Gasteiger partial charge >= 0.3 is 13.1 Å². The van der Waals surface area contributed by atoms with Crippen LogP contribution < -0.4 is 16.1 Å². The van der Waals surface area contributed by atoms with Crippen molar-refractivity contribution in [2.24, 2.45) is 5.92 Å². The fraction of sp³-hybridized carbons (Fsp3) is 0.591. The molecule has 1 heterocycles. The van der Waals surface area contributed by atoms with Gasteiger partial charge in [-0.05, 0) is 44.6 Å². The number of rotatable bonds is 8. The van der Waals surface area contributed by atoms with Crippen LogP contribution in [-0.4, -0.2) is 53.3 Å². The van der Waals surface area contributed by atoms with Gasteiger partial charge in [0.05, 0.1) is 11.2 Å². The number of hydrogen-bond donors (Lipinski definition) is 3. The SMILES string of the molecule is CC(=O)N[C@@H](C(=O)N[C@@H](Cc1ccc(B2OC(C)(C)C(C)(C)O2)cc1)C(=O)O)C(C)C. The van der Waals surface area contributed by atoms with E-state index in [4.69, 9.17) is 9.31 Å². The van der Waals surface area contributed by atoms with Crippen LogP contribution in [0.25, 0.3) is 0 Å². The number of benzene rings is 1. The Hall–Kier alpha value is -2.39. The van der Waals surface area contributed by atoms with Crippen molar-refractivity contribution < 1.29 is 28.8 Å². The van der Waals surface area contributed by atoms with E-state index in [-0.39, 0.29) is 18.2 Å². The summed E-state index contributed by atoms with van der Waals surface area (Å²) < 4.78 is 12.1. The van der Waals surface area contributed by atoms with Gasteiger partial charge in [0.1, 0.15) is 12.1 Å². The van der Waals surface area contributed by atoms with Crippen LogP contribution in [0.1, 0.15) is 54.0 Å². The molecule has 3 N–H and O–H groups in total. The second-order valence-electron chi connectivity index (χ2n) is 9.36. The zero-order chi connectivity index (χ0) is 23.6. The van der Waals surface area contributed by atoms with Crippen LogP contribution in [0.5, 0.6) is 0 Å². The number of amides is 2. The maximum Gasteiger partial charge on any atom is 0.494 e. The zero-order valence-corrected chi connectivity index (χ0v) is 19.3. The molecule has 2 atom stereocenters. The molecule has 0 radical (unpaired) electrons. The first-order valence-electron chi connectivity index (χ1n) is 10.5. The van der Waals surface area contributed by atoms with E-state index in [9.17, 15) is 19.5 Å². The van der Waals surface area contributed by atoms with Gasteiger partial charge in [-0.3, -0.25) is 9.59 Å². The molecule has 31 heavy (non-hydrogen) atoms. The number of carboxylic acid groups (broad SMARTS) is 1. The molecule has 1 aromatic carbocycles. The Labute approximate surface area is 184 Å². The van der Waals surface area contributed by atoms with E-state index < -0.39 is 42.3 Å². The predicted molar refractivity (Wildman–Crippen MR) is 118 cm³/mol. The van der Waals surface area contributed by atoms with Crippen LogP contribution in [0.2, 0.25) is 0 Å². The van der Waals surface area contributed by atoms with Crippen LogP contribution in [-0.2, 0) is 30.1 Å². The molecule has 0 spiro atoms. The standard InChI is InChI=1S/C22H33BN2O6/c1-13(2)18(24-14(3)26)19(27)25-17(20(28)29)12-15-8-10-16(11-9-15)23-30-21(4,5)22(6,7)31-23/h8-11,13,17-18H,12H2,1-7H3,(H,24,26)(H,25,27)(H,28,29)/t17-,18+/m0/s1. The summed E-state index contributed by atoms with van der Waals surface area (Å²) in [7, 11) is -0.501. The lowest BCUT2D eigenvalue weighted by molar-refractivity contribution is -0.142. The Morgan fingerprint density at radius 3 is 1.94 bits per heavy atom. The molecule has 1 aliphatic rings. The number of carbonyl (C=O) groups is 3. The Morgan fingerprint density at radius 1 is 1.00 bits per heavy atom. The third kappa shape index (κ3) is 6.07. The third-order valence-corrected chi connectivity index (χ3v) is 5.87. The number of carbonyl (C=O) groups excluding carboxylic acids is 2. The Morgan fingerprint density at radius 2 is 1.52 bits per heavy atom. The van der Waals surface area contributed by atoms with Crippen LogP contribution in [0, 0.1) is 5.92 Å². The van der Waals surface area contributed by atoms with E-state index in [1.165, 1.54) is 6.92 Å². The van der Waals surface area contributed by atoms with Crippen molar-refractivity contribution in [1.82, 2.24) is 10.6 Å². The van der Waals surface area contributed by atoms with E-state index in [0.717, 1.165) is 11.0 Å². The highest BCUT2D eigenvalue weighted by molar-refractivity contribution is 6.62. The minimum atomic E-state index is -1.14. The van der Waals surface area contributed by atoms with Crippen molar-refractivity contribution in [1.29, 1.82) is 0 Å². The first kappa shape index (κ1) is 24.9. The van der Waals surface area contributed by atoms with Crippen molar-refractivity contribution >= 4 is 30.4 Å². The molecule has 0 bridgehead atoms. The number of nitrogens with one attached hydrogen (secondary N) is 2. The van der Waals surface area contributed by atoms with E-state index in [2.05, 4.69) is 10.6 Å². The van der Waals surface area contributed by atoms with E-state index >= 15 is 0 Å². The monoisotopic (exact) mass is 432 g/mol. The minimum Gasteiger partial charge on any atom is -0.480 e. The molecule has 9 heteroatoms. The first-order chi connectivity index (χ1) is 14.2. The van der Waals surface area contributed by atoms with Gasteiger partial charge in [-0.1, -0.05) is 38.1 Å². The molecule has 8 nitrogen and oxygen atoms in total. The molecular weight excluding hydrogens is 399 g/mol. The summed E-state index contributed by atoms with van der Waals surface area (Å²) in [4.78, 5) is 35.7. The molecule has 0 unspecified atom stereocenters. The van der Waals surface area contributed by atoms with Gasteiger partial charge in [0.15, 0.2) is 0 Å². The fourth-order valence-corrected chi connectivity index (χ4v) is 3.24. The smallest absolute Gasteiger partial charge is 0.480 e. The first-order valence-corrected chi connectivity index (χ1v) is 10.5. The average molecular weight is 432 g/mol. The summed E-state index contributed by atoms with van der Waals surface area (Å²) >= 11 is 0. The second-order valence-corrected chi connectivity index (χ2v) is 9.36. The highest BCUT2D eigenvalue weighted by atomic mass is 16.7. The molecule has 1 fully saturated rings. The zero-order valence-electron chi connectivity index (χ0n) is 19.3. The highest BCUT2D eigenvalue weighted by Gasteiger charge is 2.51. The van der Waals surface area contributed by atoms with Crippen molar-refractivity contribution in [3.05, 3.63) is 29.8 Å². The molecular formula is C22H33BN2O6. The maximum absolute atomic E-state index is 12.6. The van der Waals surface area contributed by atoms with Crippen molar-refractivity contribution in [2.75, 3.05) is 0 Å². The molecule has 0 aliphatic carbocycles. The number of carboxylic acids is 1. The highest BCUT2D eigenvalue weighted by Crippen LogP contribution is 2.36. The lowest BCUT2D eigenvalue weighted by Gasteiger charge is -2.32. The summed E-state index contributed by atoms with van der Waals surface area (Å²) in [5.41, 5.74) is 0.684. The number of hydrogen-bond acceptors (Lipinski definition) is 5. The Kier molecular flexibility index (Phi) is 7.55. The molecule has 2 amide bonds. The summed E-state index contributed by atoms with van der Waals surface area (Å²) in [6.45, 7) is 12.8. The lowest BCUT2D eigenvalue weighted by atomic mass is 9.78. The molecule has 2 rings (SSSR count). The van der Waals surface area contributed by atoms with Crippen molar-refractivity contribution in [2.45, 2.75) is 78.2 Å². The van der Waals surface area contributed by atoms with Gasteiger partial charge in [0, 0.05) is 13.3 Å². The van der Waals surface area contributed by atoms with Crippen LogP contribution >= 0.6 is 0 Å². The quantitative estimate of drug-likeness (QED) is 0.533.